The lowest BCUT2D eigenvalue weighted by Crippen LogP contribution is -2.09. The monoisotopic (exact) mass is 191 g/mol. The van der Waals surface area contributed by atoms with Gasteiger partial charge in [0.15, 0.2) is 0 Å². The Kier molecular flexibility index (Phi) is 6.58. The second-order valence-electron chi connectivity index (χ2n) is 2.56. The van der Waals surface area contributed by atoms with Gasteiger partial charge in [-0.25, -0.2) is 4.79 Å². The van der Waals surface area contributed by atoms with Crippen molar-refractivity contribution in [1.29, 1.82) is 0 Å². The molecule has 0 aliphatic heterocycles. The molecule has 76 valence electrons. The van der Waals surface area contributed by atoms with E-state index in [4.69, 9.17) is 0 Å². The molecule has 0 aliphatic rings. The van der Waals surface area contributed by atoms with Crippen LogP contribution in [0.4, 0.5) is 0 Å². The van der Waals surface area contributed by atoms with Gasteiger partial charge < -0.3 is 0 Å². The van der Waals surface area contributed by atoms with Crippen LogP contribution in [0.2, 0.25) is 0 Å². The van der Waals surface area contributed by atoms with Crippen molar-refractivity contribution < 1.29 is 19.8 Å². The maximum absolute atomic E-state index is 10.7. The van der Waals surface area contributed by atoms with Gasteiger partial charge in [-0.1, -0.05) is 31.2 Å². The van der Waals surface area contributed by atoms with Gasteiger partial charge in [0.1, 0.15) is 0 Å². The Balaban J connectivity index is 3.25. The normalized spacial score (nSPS) is 9.31. The van der Waals surface area contributed by atoms with E-state index in [2.05, 4.69) is 9.88 Å². The van der Waals surface area contributed by atoms with Gasteiger partial charge in [0.2, 0.25) is 0 Å². The summed E-state index contributed by atoms with van der Waals surface area (Å²) in [6.45, 7) is 2.05. The highest BCUT2D eigenvalue weighted by molar-refractivity contribution is 5.68. The van der Waals surface area contributed by atoms with Gasteiger partial charge in [-0.3, -0.25) is 4.89 Å². The van der Waals surface area contributed by atoms with Crippen molar-refractivity contribution in [2.45, 2.75) is 39.0 Å². The lowest BCUT2D eigenvalue weighted by atomic mass is 10.2. The quantitative estimate of drug-likeness (QED) is 0.264. The number of carbonyl (C=O) groups is 1. The third-order valence-electron chi connectivity index (χ3n) is 1.43. The molecule has 0 aromatic carbocycles. The van der Waals surface area contributed by atoms with Crippen LogP contribution in [-0.2, 0) is 14.7 Å². The summed E-state index contributed by atoms with van der Waals surface area (Å²) in [5.41, 5.74) is 0. The van der Waals surface area contributed by atoms with Crippen LogP contribution in [-0.4, -0.2) is 11.1 Å². The minimum Gasteiger partial charge on any atom is -0.261 e. The zero-order valence-corrected chi connectivity index (χ0v) is 7.52. The fourth-order valence-electron chi connectivity index (χ4n) is 0.810. The molecule has 0 aromatic heterocycles. The predicted molar refractivity (Wildman–Crippen MR) is 42.9 cm³/mol. The van der Waals surface area contributed by atoms with Crippen molar-refractivity contribution in [2.75, 3.05) is 0 Å². The summed E-state index contributed by atoms with van der Waals surface area (Å²) in [4.78, 5) is 27.5. The average Bonchev–Trinajstić information content (AvgIpc) is 2.09. The first kappa shape index (κ1) is 11.7. The number of carbonyl (C=O) groups excluding carboxylic acids is 1. The van der Waals surface area contributed by atoms with Crippen molar-refractivity contribution in [2.24, 2.45) is 0 Å². The summed E-state index contributed by atoms with van der Waals surface area (Å²) < 4.78 is 0. The van der Waals surface area contributed by atoms with Crippen molar-refractivity contribution in [3.8, 4) is 0 Å². The fourth-order valence-corrected chi connectivity index (χ4v) is 0.810. The van der Waals surface area contributed by atoms with E-state index >= 15 is 0 Å². The van der Waals surface area contributed by atoms with Crippen LogP contribution in [0.1, 0.15) is 39.0 Å². The molecule has 0 N–H and O–H groups in total. The zero-order chi connectivity index (χ0) is 10.1. The second kappa shape index (κ2) is 7.33. The molecule has 6 nitrogen and oxygen atoms in total. The topological polar surface area (TPSA) is 78.7 Å². The Morgan fingerprint density at radius 1 is 1.38 bits per heavy atom. The van der Waals surface area contributed by atoms with E-state index in [0.717, 1.165) is 19.3 Å². The minimum absolute atomic E-state index is 0.161. The van der Waals surface area contributed by atoms with E-state index < -0.39 is 11.1 Å². The number of unbranched alkanes of at least 4 members (excludes halogenated alkanes) is 3. The molecule has 0 fully saturated rings. The largest absolute Gasteiger partial charge is 0.343 e. The van der Waals surface area contributed by atoms with Crippen LogP contribution in [0, 0.1) is 10.1 Å². The maximum Gasteiger partial charge on any atom is 0.343 e. The van der Waals surface area contributed by atoms with Crippen molar-refractivity contribution in [3.63, 3.8) is 0 Å². The van der Waals surface area contributed by atoms with Crippen LogP contribution < -0.4 is 0 Å². The van der Waals surface area contributed by atoms with E-state index in [0.29, 0.717) is 6.42 Å². The lowest BCUT2D eigenvalue weighted by Gasteiger charge is -1.98. The standard InChI is InChI=1S/C7H13NO5/c1-2-3-4-5-6-7(9)12-13-8(10)11/h2-6H2,1H3. The second-order valence-corrected chi connectivity index (χ2v) is 2.56. The van der Waals surface area contributed by atoms with E-state index in [1.54, 1.807) is 0 Å². The molecule has 0 atom stereocenters. The minimum atomic E-state index is -1.16. The third kappa shape index (κ3) is 8.58. The highest BCUT2D eigenvalue weighted by atomic mass is 17.3. The molecule has 0 radical (unpaired) electrons. The first-order valence-electron chi connectivity index (χ1n) is 4.18. The van der Waals surface area contributed by atoms with Crippen molar-refractivity contribution >= 4 is 5.97 Å². The molecule has 0 heterocycles. The number of rotatable bonds is 7. The molecule has 0 unspecified atom stereocenters. The van der Waals surface area contributed by atoms with Gasteiger partial charge in [0.05, 0.1) is 0 Å². The Morgan fingerprint density at radius 2 is 2.08 bits per heavy atom. The molecule has 0 rings (SSSR count). The zero-order valence-electron chi connectivity index (χ0n) is 7.52. The van der Waals surface area contributed by atoms with Gasteiger partial charge in [-0.05, 0) is 6.42 Å². The van der Waals surface area contributed by atoms with Gasteiger partial charge >= 0.3 is 11.1 Å². The first-order chi connectivity index (χ1) is 6.16. The molecule has 13 heavy (non-hydrogen) atoms. The molecule has 0 saturated heterocycles. The van der Waals surface area contributed by atoms with Gasteiger partial charge in [-0.2, -0.15) is 0 Å². The Labute approximate surface area is 75.9 Å². The lowest BCUT2D eigenvalue weighted by molar-refractivity contribution is -0.839. The average molecular weight is 191 g/mol. The van der Waals surface area contributed by atoms with E-state index in [1.807, 2.05) is 6.92 Å². The first-order valence-corrected chi connectivity index (χ1v) is 4.18. The summed E-state index contributed by atoms with van der Waals surface area (Å²) in [6.07, 6.45) is 3.87. The molecule has 0 spiro atoms. The Bertz CT molecular complexity index is 170. The third-order valence-corrected chi connectivity index (χ3v) is 1.43. The van der Waals surface area contributed by atoms with E-state index in [1.165, 1.54) is 0 Å². The van der Waals surface area contributed by atoms with Crippen LogP contribution in [0.15, 0.2) is 0 Å². The number of hydrogen-bond acceptors (Lipinski definition) is 5. The smallest absolute Gasteiger partial charge is 0.261 e. The molecule has 0 amide bonds. The maximum atomic E-state index is 10.7. The van der Waals surface area contributed by atoms with Gasteiger partial charge in [0, 0.05) is 6.42 Å². The number of nitrogens with zero attached hydrogens (tertiary/aromatic N) is 1. The summed E-state index contributed by atoms with van der Waals surface area (Å²) in [5, 5.41) is 8.42. The molecular weight excluding hydrogens is 178 g/mol. The number of hydrogen-bond donors (Lipinski definition) is 0. The molecule has 0 aliphatic carbocycles. The highest BCUT2D eigenvalue weighted by Crippen LogP contribution is 2.03. The van der Waals surface area contributed by atoms with Gasteiger partial charge in [-0.15, -0.1) is 10.1 Å². The van der Waals surface area contributed by atoms with Crippen LogP contribution in [0.5, 0.6) is 0 Å². The highest BCUT2D eigenvalue weighted by Gasteiger charge is 2.05. The molecular formula is C7H13NO5. The summed E-state index contributed by atoms with van der Waals surface area (Å²) in [7, 11) is 0. The van der Waals surface area contributed by atoms with Crippen LogP contribution in [0.3, 0.4) is 0 Å². The SMILES string of the molecule is CCCCCCC(=O)OO[N+](=O)[O-]. The Morgan fingerprint density at radius 3 is 2.62 bits per heavy atom. The molecule has 6 heteroatoms. The summed E-state index contributed by atoms with van der Waals surface area (Å²) >= 11 is 0. The predicted octanol–water partition coefficient (Wildman–Crippen LogP) is 1.62. The molecule has 0 saturated carbocycles. The molecule has 0 bridgehead atoms. The summed E-state index contributed by atoms with van der Waals surface area (Å²) in [6, 6.07) is 0. The van der Waals surface area contributed by atoms with Crippen LogP contribution >= 0.6 is 0 Å². The molecule has 0 aromatic rings. The van der Waals surface area contributed by atoms with Gasteiger partial charge in [0.25, 0.3) is 0 Å². The Hall–Kier alpha value is -1.33. The van der Waals surface area contributed by atoms with Crippen LogP contribution in [0.25, 0.3) is 0 Å². The van der Waals surface area contributed by atoms with Crippen molar-refractivity contribution in [3.05, 3.63) is 10.1 Å². The fraction of sp³-hybridized carbons (Fsp3) is 0.857. The van der Waals surface area contributed by atoms with E-state index in [9.17, 15) is 14.9 Å². The van der Waals surface area contributed by atoms with E-state index in [-0.39, 0.29) is 6.42 Å². The van der Waals surface area contributed by atoms with Crippen molar-refractivity contribution in [1.82, 2.24) is 0 Å². The summed E-state index contributed by atoms with van der Waals surface area (Å²) in [5.74, 6) is -0.701.